The van der Waals surface area contributed by atoms with Gasteiger partial charge in [-0.2, -0.15) is 0 Å². The highest BCUT2D eigenvalue weighted by Gasteiger charge is 2.25. The van der Waals surface area contributed by atoms with Crippen LogP contribution in [-0.2, 0) is 9.59 Å². The third kappa shape index (κ3) is 8.21. The molecule has 0 spiro atoms. The Labute approximate surface area is 171 Å². The summed E-state index contributed by atoms with van der Waals surface area (Å²) in [6.07, 6.45) is -0.955. The van der Waals surface area contributed by atoms with E-state index in [-0.39, 0.29) is 11.9 Å². The molecule has 5 N–H and O–H groups in total. The second kappa shape index (κ2) is 12.6. The van der Waals surface area contributed by atoms with E-state index in [0.717, 1.165) is 12.1 Å². The molecule has 0 saturated heterocycles. The summed E-state index contributed by atoms with van der Waals surface area (Å²) in [5, 5.41) is 17.3. The van der Waals surface area contributed by atoms with Gasteiger partial charge >= 0.3 is 13.6 Å². The fourth-order valence-electron chi connectivity index (χ4n) is 2.48. The molecule has 163 valence electrons. The van der Waals surface area contributed by atoms with E-state index < -0.39 is 53.7 Å². The number of carbonyl (C=O) groups is 4. The summed E-state index contributed by atoms with van der Waals surface area (Å²) in [4.78, 5) is 46.1. The van der Waals surface area contributed by atoms with Crippen molar-refractivity contribution in [2.24, 2.45) is 0 Å². The maximum absolute atomic E-state index is 14.1. The standard InChI is InChI=1S/C17H21BF3N4O5/c1-22-5-3-2-4-12(15(27)23-8-13(26)25-17(21)29)24-16(28)14-10(19)6-9(18-30)7-11(14)20/h6-7,12,22,30H,2-5,8H2,1H3,(H,23,27)(H,24,28)(H,25,26,29)/t12-/m0/s1. The van der Waals surface area contributed by atoms with E-state index in [4.69, 9.17) is 5.02 Å². The van der Waals surface area contributed by atoms with Crippen LogP contribution in [0.3, 0.4) is 0 Å². The maximum Gasteiger partial charge on any atom is 0.404 e. The van der Waals surface area contributed by atoms with Crippen molar-refractivity contribution in [2.45, 2.75) is 25.3 Å². The number of carbonyl (C=O) groups excluding carboxylic acids is 4. The van der Waals surface area contributed by atoms with Crippen LogP contribution in [0.5, 0.6) is 0 Å². The molecule has 0 heterocycles. The molecule has 1 aromatic carbocycles. The van der Waals surface area contributed by atoms with Crippen molar-refractivity contribution in [3.8, 4) is 0 Å². The van der Waals surface area contributed by atoms with Crippen molar-refractivity contribution >= 4 is 36.8 Å². The van der Waals surface area contributed by atoms with E-state index in [1.807, 2.05) is 0 Å². The van der Waals surface area contributed by atoms with Crippen molar-refractivity contribution in [2.75, 3.05) is 20.1 Å². The minimum atomic E-state index is -2.10. The van der Waals surface area contributed by atoms with Gasteiger partial charge in [0.05, 0.1) is 6.54 Å². The first-order chi connectivity index (χ1) is 14.2. The molecular weight excluding hydrogens is 408 g/mol. The quantitative estimate of drug-likeness (QED) is 0.133. The van der Waals surface area contributed by atoms with Crippen LogP contribution in [0.15, 0.2) is 12.1 Å². The van der Waals surface area contributed by atoms with Crippen LogP contribution in [0.2, 0.25) is 0 Å². The Morgan fingerprint density at radius 2 is 1.77 bits per heavy atom. The highest BCUT2D eigenvalue weighted by molar-refractivity contribution is 6.45. The van der Waals surface area contributed by atoms with Crippen LogP contribution in [0.25, 0.3) is 0 Å². The van der Waals surface area contributed by atoms with Gasteiger partial charge in [-0.3, -0.25) is 19.7 Å². The number of rotatable bonds is 11. The van der Waals surface area contributed by atoms with E-state index >= 15 is 0 Å². The van der Waals surface area contributed by atoms with Crippen LogP contribution in [0, 0.1) is 11.6 Å². The third-order valence-corrected chi connectivity index (χ3v) is 3.89. The number of imide groups is 1. The molecule has 0 aliphatic rings. The minimum Gasteiger partial charge on any atom is -0.450 e. The predicted molar refractivity (Wildman–Crippen MR) is 101 cm³/mol. The molecular formula is C17H21BF3N4O5. The van der Waals surface area contributed by atoms with Gasteiger partial charge in [-0.25, -0.2) is 13.6 Å². The molecule has 1 radical (unpaired) electrons. The maximum atomic E-state index is 14.1. The fourth-order valence-corrected chi connectivity index (χ4v) is 2.48. The van der Waals surface area contributed by atoms with Crippen molar-refractivity contribution in [3.05, 3.63) is 29.3 Å². The van der Waals surface area contributed by atoms with E-state index in [0.29, 0.717) is 26.9 Å². The molecule has 13 heteroatoms. The van der Waals surface area contributed by atoms with Crippen LogP contribution in [0.1, 0.15) is 29.6 Å². The molecule has 1 rings (SSSR count). The Hall–Kier alpha value is -2.93. The topological polar surface area (TPSA) is 137 Å². The Morgan fingerprint density at radius 3 is 2.30 bits per heavy atom. The molecule has 0 bridgehead atoms. The molecule has 1 aromatic rings. The molecule has 9 nitrogen and oxygen atoms in total. The Kier molecular flexibility index (Phi) is 10.5. The van der Waals surface area contributed by atoms with Gasteiger partial charge in [0.15, 0.2) is 0 Å². The SMILES string of the molecule is CNCCCC[C@H](NC(=O)c1c(F)cc([B]O)cc1F)C(=O)NCC(=O)NC(=O)F. The normalized spacial score (nSPS) is 11.4. The zero-order valence-electron chi connectivity index (χ0n) is 16.1. The average Bonchev–Trinajstić information content (AvgIpc) is 2.67. The fraction of sp³-hybridized carbons (Fsp3) is 0.412. The van der Waals surface area contributed by atoms with E-state index in [2.05, 4.69) is 16.0 Å². The second-order valence-electron chi connectivity index (χ2n) is 6.15. The highest BCUT2D eigenvalue weighted by atomic mass is 19.1. The van der Waals surface area contributed by atoms with Crippen LogP contribution in [-0.4, -0.2) is 62.6 Å². The zero-order chi connectivity index (χ0) is 22.7. The Bertz CT molecular complexity index is 774. The van der Waals surface area contributed by atoms with Gasteiger partial charge in [-0.1, -0.05) is 0 Å². The lowest BCUT2D eigenvalue weighted by molar-refractivity contribution is -0.127. The summed E-state index contributed by atoms with van der Waals surface area (Å²) in [6, 6.07) is 0.211. The van der Waals surface area contributed by atoms with E-state index in [1.54, 1.807) is 7.05 Å². The van der Waals surface area contributed by atoms with Gasteiger partial charge in [-0.15, -0.1) is 4.39 Å². The monoisotopic (exact) mass is 429 g/mol. The van der Waals surface area contributed by atoms with Crippen molar-refractivity contribution < 1.29 is 37.4 Å². The van der Waals surface area contributed by atoms with Gasteiger partial charge in [-0.05, 0) is 50.5 Å². The predicted octanol–water partition coefficient (Wildman–Crippen LogP) is -0.988. The minimum absolute atomic E-state index is 0.0780. The summed E-state index contributed by atoms with van der Waals surface area (Å²) in [7, 11) is 2.18. The lowest BCUT2D eigenvalue weighted by atomic mass is 9.87. The van der Waals surface area contributed by atoms with Crippen LogP contribution in [0.4, 0.5) is 18.0 Å². The summed E-state index contributed by atoms with van der Waals surface area (Å²) >= 11 is 0. The summed E-state index contributed by atoms with van der Waals surface area (Å²) in [6.45, 7) is -0.132. The lowest BCUT2D eigenvalue weighted by Gasteiger charge is -2.19. The second-order valence-corrected chi connectivity index (χ2v) is 6.15. The van der Waals surface area contributed by atoms with E-state index in [9.17, 15) is 32.3 Å². The Morgan fingerprint density at radius 1 is 1.13 bits per heavy atom. The van der Waals surface area contributed by atoms with Crippen LogP contribution < -0.4 is 26.7 Å². The third-order valence-electron chi connectivity index (χ3n) is 3.89. The molecule has 0 aliphatic heterocycles. The Balaban J connectivity index is 2.89. The largest absolute Gasteiger partial charge is 0.450 e. The molecule has 4 amide bonds. The summed E-state index contributed by atoms with van der Waals surface area (Å²) < 4.78 is 40.3. The molecule has 0 fully saturated rings. The molecule has 0 unspecified atom stereocenters. The zero-order valence-corrected chi connectivity index (χ0v) is 16.1. The first kappa shape index (κ1) is 25.1. The van der Waals surface area contributed by atoms with Gasteiger partial charge in [0.2, 0.25) is 11.8 Å². The van der Waals surface area contributed by atoms with Crippen LogP contribution >= 0.6 is 0 Å². The number of halogens is 3. The smallest absolute Gasteiger partial charge is 0.404 e. The number of hydrogen-bond donors (Lipinski definition) is 5. The first-order valence-corrected chi connectivity index (χ1v) is 8.88. The molecule has 0 aromatic heterocycles. The van der Waals surface area contributed by atoms with Gasteiger partial charge in [0.1, 0.15) is 23.2 Å². The molecule has 1 atom stereocenters. The number of unbranched alkanes of at least 4 members (excludes halogenated alkanes) is 1. The summed E-state index contributed by atoms with van der Waals surface area (Å²) in [5.41, 5.74) is -1.15. The number of amides is 4. The van der Waals surface area contributed by atoms with Crippen molar-refractivity contribution in [3.63, 3.8) is 0 Å². The molecule has 30 heavy (non-hydrogen) atoms. The van der Waals surface area contributed by atoms with Gasteiger partial charge in [0.25, 0.3) is 5.91 Å². The number of hydrogen-bond acceptors (Lipinski definition) is 6. The number of nitrogens with one attached hydrogen (secondary N) is 4. The average molecular weight is 429 g/mol. The highest BCUT2D eigenvalue weighted by Crippen LogP contribution is 2.12. The summed E-state index contributed by atoms with van der Waals surface area (Å²) in [5.74, 6) is -5.70. The van der Waals surface area contributed by atoms with Gasteiger partial charge < -0.3 is 21.0 Å². The molecule has 0 aliphatic carbocycles. The molecule has 0 saturated carbocycles. The van der Waals surface area contributed by atoms with E-state index in [1.165, 1.54) is 5.32 Å². The lowest BCUT2D eigenvalue weighted by Crippen LogP contribution is -2.49. The first-order valence-electron chi connectivity index (χ1n) is 8.88. The number of benzene rings is 1. The van der Waals surface area contributed by atoms with Gasteiger partial charge in [0, 0.05) is 0 Å². The van der Waals surface area contributed by atoms with Crippen molar-refractivity contribution in [1.82, 2.24) is 21.3 Å². The van der Waals surface area contributed by atoms with Crippen molar-refractivity contribution in [1.29, 1.82) is 0 Å².